The Labute approximate surface area is 121 Å². The number of aromatic nitrogens is 1. The number of fused-ring (bicyclic) bond motifs is 1. The van der Waals surface area contributed by atoms with E-state index in [1.54, 1.807) is 30.5 Å². The molecule has 4 nitrogen and oxygen atoms in total. The molecular weight excluding hydrogens is 296 g/mol. The molecule has 2 N–H and O–H groups in total. The highest BCUT2D eigenvalue weighted by Gasteiger charge is 2.14. The van der Waals surface area contributed by atoms with Crippen LogP contribution in [0, 0.1) is 0 Å². The van der Waals surface area contributed by atoms with Crippen molar-refractivity contribution in [3.63, 3.8) is 0 Å². The lowest BCUT2D eigenvalue weighted by atomic mass is 10.2. The third-order valence-corrected chi connectivity index (χ3v) is 4.53. The Kier molecular flexibility index (Phi) is 3.16. The Bertz CT molecular complexity index is 872. The molecule has 0 saturated carbocycles. The standard InChI is InChI=1S/C14H11ClN2O2S/c15-11-2-1-3-13(9-11)20(18,19)17-12-4-5-14-10(8-12)6-7-16-14/h1-9,16-17H. The van der Waals surface area contributed by atoms with Crippen molar-refractivity contribution in [1.29, 1.82) is 0 Å². The average Bonchev–Trinajstić information content (AvgIpc) is 2.85. The molecule has 0 radical (unpaired) electrons. The summed E-state index contributed by atoms with van der Waals surface area (Å²) >= 11 is 5.82. The first kappa shape index (κ1) is 13.0. The number of aromatic amines is 1. The number of H-pyrrole nitrogens is 1. The Balaban J connectivity index is 1.96. The molecule has 2 aromatic carbocycles. The Morgan fingerprint density at radius 3 is 2.70 bits per heavy atom. The summed E-state index contributed by atoms with van der Waals surface area (Å²) in [6, 6.07) is 13.3. The van der Waals surface area contributed by atoms with Crippen LogP contribution in [0.15, 0.2) is 59.6 Å². The van der Waals surface area contributed by atoms with Crippen LogP contribution in [0.1, 0.15) is 0 Å². The van der Waals surface area contributed by atoms with Gasteiger partial charge in [-0.15, -0.1) is 0 Å². The van der Waals surface area contributed by atoms with Gasteiger partial charge in [0.25, 0.3) is 10.0 Å². The Morgan fingerprint density at radius 1 is 1.05 bits per heavy atom. The SMILES string of the molecule is O=S(=O)(Nc1ccc2[nH]ccc2c1)c1cccc(Cl)c1. The molecule has 0 atom stereocenters. The second-order valence-electron chi connectivity index (χ2n) is 4.34. The summed E-state index contributed by atoms with van der Waals surface area (Å²) in [7, 11) is -3.63. The lowest BCUT2D eigenvalue weighted by molar-refractivity contribution is 0.601. The van der Waals surface area contributed by atoms with Crippen molar-refractivity contribution in [3.8, 4) is 0 Å². The van der Waals surface area contributed by atoms with Crippen LogP contribution in [0.3, 0.4) is 0 Å². The van der Waals surface area contributed by atoms with Gasteiger partial charge in [0.05, 0.1) is 4.90 Å². The van der Waals surface area contributed by atoms with Gasteiger partial charge in [0, 0.05) is 27.8 Å². The maximum Gasteiger partial charge on any atom is 0.261 e. The lowest BCUT2D eigenvalue weighted by Crippen LogP contribution is -2.12. The first-order chi connectivity index (χ1) is 9.54. The minimum Gasteiger partial charge on any atom is -0.361 e. The van der Waals surface area contributed by atoms with Gasteiger partial charge in [0.15, 0.2) is 0 Å². The highest BCUT2D eigenvalue weighted by molar-refractivity contribution is 7.92. The van der Waals surface area contributed by atoms with Gasteiger partial charge in [-0.25, -0.2) is 8.42 Å². The second-order valence-corrected chi connectivity index (χ2v) is 6.46. The van der Waals surface area contributed by atoms with E-state index in [1.165, 1.54) is 12.1 Å². The van der Waals surface area contributed by atoms with E-state index in [0.717, 1.165) is 10.9 Å². The molecule has 6 heteroatoms. The van der Waals surface area contributed by atoms with Gasteiger partial charge in [-0.05, 0) is 42.5 Å². The number of hydrogen-bond donors (Lipinski definition) is 2. The van der Waals surface area contributed by atoms with Gasteiger partial charge >= 0.3 is 0 Å². The van der Waals surface area contributed by atoms with Crippen molar-refractivity contribution in [3.05, 3.63) is 59.8 Å². The molecule has 3 aromatic rings. The van der Waals surface area contributed by atoms with Crippen molar-refractivity contribution < 1.29 is 8.42 Å². The number of hydrogen-bond acceptors (Lipinski definition) is 2. The zero-order valence-corrected chi connectivity index (χ0v) is 11.9. The molecule has 0 spiro atoms. The molecule has 0 aliphatic carbocycles. The van der Waals surface area contributed by atoms with Gasteiger partial charge in [-0.3, -0.25) is 4.72 Å². The van der Waals surface area contributed by atoms with E-state index in [1.807, 2.05) is 12.1 Å². The first-order valence-corrected chi connectivity index (χ1v) is 7.76. The van der Waals surface area contributed by atoms with Gasteiger partial charge in [-0.2, -0.15) is 0 Å². The molecule has 0 fully saturated rings. The molecule has 0 saturated heterocycles. The maximum absolute atomic E-state index is 12.3. The smallest absolute Gasteiger partial charge is 0.261 e. The van der Waals surface area contributed by atoms with E-state index in [-0.39, 0.29) is 4.90 Å². The fraction of sp³-hybridized carbons (Fsp3) is 0. The minimum atomic E-state index is -3.63. The van der Waals surface area contributed by atoms with Crippen molar-refractivity contribution in [1.82, 2.24) is 4.98 Å². The third kappa shape index (κ3) is 2.50. The normalized spacial score (nSPS) is 11.7. The summed E-state index contributed by atoms with van der Waals surface area (Å²) < 4.78 is 27.0. The molecule has 0 aliphatic heterocycles. The van der Waals surface area contributed by atoms with Crippen molar-refractivity contribution >= 4 is 38.2 Å². The minimum absolute atomic E-state index is 0.138. The summed E-state index contributed by atoms with van der Waals surface area (Å²) in [5.41, 5.74) is 1.47. The van der Waals surface area contributed by atoms with Crippen molar-refractivity contribution in [2.75, 3.05) is 4.72 Å². The van der Waals surface area contributed by atoms with Crippen LogP contribution < -0.4 is 4.72 Å². The number of rotatable bonds is 3. The van der Waals surface area contributed by atoms with Crippen LogP contribution in [0.5, 0.6) is 0 Å². The number of sulfonamides is 1. The number of halogens is 1. The number of anilines is 1. The maximum atomic E-state index is 12.3. The molecule has 0 aliphatic rings. The lowest BCUT2D eigenvalue weighted by Gasteiger charge is -2.08. The average molecular weight is 307 g/mol. The van der Waals surface area contributed by atoms with Crippen molar-refractivity contribution in [2.24, 2.45) is 0 Å². The Morgan fingerprint density at radius 2 is 1.90 bits per heavy atom. The van der Waals surface area contributed by atoms with Crippen LogP contribution >= 0.6 is 11.6 Å². The zero-order valence-electron chi connectivity index (χ0n) is 10.3. The van der Waals surface area contributed by atoms with Gasteiger partial charge in [0.2, 0.25) is 0 Å². The van der Waals surface area contributed by atoms with Crippen LogP contribution in [-0.4, -0.2) is 13.4 Å². The van der Waals surface area contributed by atoms with Crippen LogP contribution in [0.4, 0.5) is 5.69 Å². The van der Waals surface area contributed by atoms with E-state index in [0.29, 0.717) is 10.7 Å². The highest BCUT2D eigenvalue weighted by Crippen LogP contribution is 2.22. The predicted octanol–water partition coefficient (Wildman–Crippen LogP) is 3.62. The van der Waals surface area contributed by atoms with Gasteiger partial charge in [0.1, 0.15) is 0 Å². The summed E-state index contributed by atoms with van der Waals surface area (Å²) in [6.45, 7) is 0. The Hall–Kier alpha value is -1.98. The molecule has 0 unspecified atom stereocenters. The molecule has 1 aromatic heterocycles. The van der Waals surface area contributed by atoms with E-state index in [4.69, 9.17) is 11.6 Å². The topological polar surface area (TPSA) is 62.0 Å². The molecule has 1 heterocycles. The van der Waals surface area contributed by atoms with Gasteiger partial charge < -0.3 is 4.98 Å². The van der Waals surface area contributed by atoms with E-state index >= 15 is 0 Å². The van der Waals surface area contributed by atoms with Crippen LogP contribution in [0.2, 0.25) is 5.02 Å². The van der Waals surface area contributed by atoms with Gasteiger partial charge in [-0.1, -0.05) is 17.7 Å². The summed E-state index contributed by atoms with van der Waals surface area (Å²) in [4.78, 5) is 3.19. The summed E-state index contributed by atoms with van der Waals surface area (Å²) in [6.07, 6.45) is 1.81. The summed E-state index contributed by atoms with van der Waals surface area (Å²) in [5.74, 6) is 0. The summed E-state index contributed by atoms with van der Waals surface area (Å²) in [5, 5.41) is 1.32. The monoisotopic (exact) mass is 306 g/mol. The molecular formula is C14H11ClN2O2S. The fourth-order valence-corrected chi connectivity index (χ4v) is 3.31. The number of nitrogens with one attached hydrogen (secondary N) is 2. The fourth-order valence-electron chi connectivity index (χ4n) is 1.97. The third-order valence-electron chi connectivity index (χ3n) is 2.91. The van der Waals surface area contributed by atoms with E-state index < -0.39 is 10.0 Å². The number of benzene rings is 2. The van der Waals surface area contributed by atoms with E-state index in [2.05, 4.69) is 9.71 Å². The first-order valence-electron chi connectivity index (χ1n) is 5.90. The zero-order chi connectivity index (χ0) is 14.2. The molecule has 102 valence electrons. The highest BCUT2D eigenvalue weighted by atomic mass is 35.5. The second kappa shape index (κ2) is 4.85. The molecule has 0 amide bonds. The predicted molar refractivity (Wildman–Crippen MR) is 80.6 cm³/mol. The van der Waals surface area contributed by atoms with Crippen LogP contribution in [-0.2, 0) is 10.0 Å². The quantitative estimate of drug-likeness (QED) is 0.776. The molecule has 3 rings (SSSR count). The van der Waals surface area contributed by atoms with Crippen molar-refractivity contribution in [2.45, 2.75) is 4.90 Å². The van der Waals surface area contributed by atoms with Crippen LogP contribution in [0.25, 0.3) is 10.9 Å². The largest absolute Gasteiger partial charge is 0.361 e. The molecule has 20 heavy (non-hydrogen) atoms. The molecule has 0 bridgehead atoms. The van der Waals surface area contributed by atoms with E-state index in [9.17, 15) is 8.42 Å².